The van der Waals surface area contributed by atoms with Crippen molar-refractivity contribution in [3.05, 3.63) is 84.1 Å². The van der Waals surface area contributed by atoms with Crippen LogP contribution in [-0.2, 0) is 4.79 Å². The van der Waals surface area contributed by atoms with Crippen LogP contribution < -0.4 is 20.5 Å². The highest BCUT2D eigenvalue weighted by molar-refractivity contribution is 6.06. The number of nitrogens with one attached hydrogen (secondary N) is 1. The second-order valence-electron chi connectivity index (χ2n) is 7.69. The molecule has 1 aromatic heterocycles. The molecule has 2 amide bonds. The van der Waals surface area contributed by atoms with E-state index in [2.05, 4.69) is 5.32 Å². The van der Waals surface area contributed by atoms with Crippen LogP contribution in [0.2, 0.25) is 0 Å². The first-order chi connectivity index (χ1) is 16.4. The van der Waals surface area contributed by atoms with Crippen molar-refractivity contribution >= 4 is 34.0 Å². The summed E-state index contributed by atoms with van der Waals surface area (Å²) in [5.41, 5.74) is 10.1. The second kappa shape index (κ2) is 9.54. The van der Waals surface area contributed by atoms with E-state index >= 15 is 0 Å². The Kier molecular flexibility index (Phi) is 6.36. The number of carbonyl (C=O) groups excluding carboxylic acids is 2. The van der Waals surface area contributed by atoms with Gasteiger partial charge in [0.2, 0.25) is 11.8 Å². The number of amides is 2. The molecule has 0 spiro atoms. The summed E-state index contributed by atoms with van der Waals surface area (Å²) in [6.07, 6.45) is 3.17. The topological polar surface area (TPSA) is 104 Å². The molecule has 172 valence electrons. The van der Waals surface area contributed by atoms with Gasteiger partial charge in [-0.3, -0.25) is 9.59 Å². The monoisotopic (exact) mass is 456 g/mol. The van der Waals surface area contributed by atoms with Crippen LogP contribution in [-0.4, -0.2) is 26.0 Å². The SMILES string of the molecule is COc1cccc(-c2coc3cc(OC)c(/C(C)=C/C(=O)Nc4cccc(C(N)=O)c4)cc23)c1. The Labute approximate surface area is 196 Å². The molecule has 0 bridgehead atoms. The fraction of sp³-hybridized carbons (Fsp3) is 0.111. The number of hydrogen-bond acceptors (Lipinski definition) is 5. The zero-order valence-electron chi connectivity index (χ0n) is 19.0. The van der Waals surface area contributed by atoms with Gasteiger partial charge in [-0.05, 0) is 54.5 Å². The van der Waals surface area contributed by atoms with Gasteiger partial charge in [0.1, 0.15) is 17.1 Å². The molecular formula is C27H24N2O5. The van der Waals surface area contributed by atoms with Crippen molar-refractivity contribution in [1.82, 2.24) is 0 Å². The molecular weight excluding hydrogens is 432 g/mol. The van der Waals surface area contributed by atoms with Gasteiger partial charge < -0.3 is 24.9 Å². The molecule has 0 atom stereocenters. The first-order valence-electron chi connectivity index (χ1n) is 10.5. The number of fused-ring (bicyclic) bond motifs is 1. The Bertz CT molecular complexity index is 1420. The molecule has 0 fully saturated rings. The number of benzene rings is 3. The van der Waals surface area contributed by atoms with Crippen molar-refractivity contribution < 1.29 is 23.5 Å². The zero-order valence-corrected chi connectivity index (χ0v) is 19.0. The van der Waals surface area contributed by atoms with Gasteiger partial charge in [0.05, 0.1) is 20.5 Å². The lowest BCUT2D eigenvalue weighted by atomic mass is 9.99. The lowest BCUT2D eigenvalue weighted by Crippen LogP contribution is -2.13. The largest absolute Gasteiger partial charge is 0.497 e. The molecule has 0 unspecified atom stereocenters. The number of primary amides is 1. The average molecular weight is 456 g/mol. The number of ether oxygens (including phenoxy) is 2. The molecule has 1 heterocycles. The van der Waals surface area contributed by atoms with Gasteiger partial charge in [-0.25, -0.2) is 0 Å². The van der Waals surface area contributed by atoms with Crippen LogP contribution in [0.5, 0.6) is 11.5 Å². The van der Waals surface area contributed by atoms with Crippen LogP contribution in [0.15, 0.2) is 77.4 Å². The van der Waals surface area contributed by atoms with E-state index in [1.807, 2.05) is 37.3 Å². The predicted octanol–water partition coefficient (Wildman–Crippen LogP) is 5.26. The molecule has 3 aromatic carbocycles. The number of methoxy groups -OCH3 is 2. The number of nitrogens with two attached hydrogens (primary N) is 1. The van der Waals surface area contributed by atoms with Gasteiger partial charge in [-0.15, -0.1) is 0 Å². The summed E-state index contributed by atoms with van der Waals surface area (Å²) in [4.78, 5) is 24.1. The standard InChI is InChI=1S/C27H24N2O5/c1-16(10-26(30)29-19-8-4-7-18(11-19)27(28)31)21-13-22-23(15-34-25(22)14-24(21)33-3)17-6-5-9-20(12-17)32-2/h4-15H,1-3H3,(H2,28,31)(H,29,30)/b16-10+. The number of rotatable bonds is 7. The average Bonchev–Trinajstić information content (AvgIpc) is 3.26. The summed E-state index contributed by atoms with van der Waals surface area (Å²) in [7, 11) is 3.19. The second-order valence-corrected chi connectivity index (χ2v) is 7.69. The van der Waals surface area contributed by atoms with Crippen molar-refractivity contribution in [3.8, 4) is 22.6 Å². The summed E-state index contributed by atoms with van der Waals surface area (Å²) in [5, 5.41) is 3.64. The van der Waals surface area contributed by atoms with E-state index in [9.17, 15) is 9.59 Å². The molecule has 0 saturated heterocycles. The molecule has 7 heteroatoms. The van der Waals surface area contributed by atoms with Crippen molar-refractivity contribution in [3.63, 3.8) is 0 Å². The maximum Gasteiger partial charge on any atom is 0.248 e. The molecule has 7 nitrogen and oxygen atoms in total. The van der Waals surface area contributed by atoms with Crippen molar-refractivity contribution in [2.45, 2.75) is 6.92 Å². The molecule has 0 aliphatic carbocycles. The van der Waals surface area contributed by atoms with Crippen LogP contribution in [0.3, 0.4) is 0 Å². The van der Waals surface area contributed by atoms with Gasteiger partial charge in [0.15, 0.2) is 0 Å². The minimum Gasteiger partial charge on any atom is -0.497 e. The van der Waals surface area contributed by atoms with Gasteiger partial charge >= 0.3 is 0 Å². The maximum atomic E-state index is 12.7. The minimum absolute atomic E-state index is 0.315. The highest BCUT2D eigenvalue weighted by atomic mass is 16.5. The van der Waals surface area contributed by atoms with Crippen molar-refractivity contribution in [1.29, 1.82) is 0 Å². The van der Waals surface area contributed by atoms with Gasteiger partial charge in [-0.1, -0.05) is 18.2 Å². The Balaban J connectivity index is 1.69. The quantitative estimate of drug-likeness (QED) is 0.369. The van der Waals surface area contributed by atoms with Gasteiger partial charge in [0.25, 0.3) is 0 Å². The Hall–Kier alpha value is -4.52. The molecule has 0 aliphatic heterocycles. The summed E-state index contributed by atoms with van der Waals surface area (Å²) in [6, 6.07) is 17.9. The van der Waals surface area contributed by atoms with Gasteiger partial charge in [0, 0.05) is 39.9 Å². The zero-order chi connectivity index (χ0) is 24.2. The van der Waals surface area contributed by atoms with Gasteiger partial charge in [-0.2, -0.15) is 0 Å². The van der Waals surface area contributed by atoms with E-state index in [0.29, 0.717) is 28.2 Å². The van der Waals surface area contributed by atoms with Crippen molar-refractivity contribution in [2.24, 2.45) is 5.73 Å². The van der Waals surface area contributed by atoms with Crippen LogP contribution in [0, 0.1) is 0 Å². The molecule has 4 aromatic rings. The Morgan fingerprint density at radius 3 is 2.53 bits per heavy atom. The van der Waals surface area contributed by atoms with Crippen molar-refractivity contribution in [2.75, 3.05) is 19.5 Å². The number of allylic oxidation sites excluding steroid dienone is 1. The molecule has 0 aliphatic rings. The summed E-state index contributed by atoms with van der Waals surface area (Å²) >= 11 is 0. The highest BCUT2D eigenvalue weighted by Crippen LogP contribution is 2.38. The van der Waals surface area contributed by atoms with E-state index in [0.717, 1.165) is 27.8 Å². The smallest absolute Gasteiger partial charge is 0.248 e. The van der Waals surface area contributed by atoms with E-state index in [-0.39, 0.29) is 5.91 Å². The Morgan fingerprint density at radius 2 is 1.79 bits per heavy atom. The molecule has 4 rings (SSSR count). The molecule has 3 N–H and O–H groups in total. The fourth-order valence-corrected chi connectivity index (χ4v) is 3.75. The Morgan fingerprint density at radius 1 is 1.00 bits per heavy atom. The van der Waals surface area contributed by atoms with Crippen LogP contribution >= 0.6 is 0 Å². The number of hydrogen-bond donors (Lipinski definition) is 2. The van der Waals surface area contributed by atoms with E-state index in [4.69, 9.17) is 19.6 Å². The normalized spacial score (nSPS) is 11.3. The summed E-state index contributed by atoms with van der Waals surface area (Å²) in [5.74, 6) is 0.416. The van der Waals surface area contributed by atoms with Crippen LogP contribution in [0.4, 0.5) is 5.69 Å². The third kappa shape index (κ3) is 4.63. The molecule has 34 heavy (non-hydrogen) atoms. The number of carbonyl (C=O) groups is 2. The molecule has 0 saturated carbocycles. The van der Waals surface area contributed by atoms with E-state index in [1.165, 1.54) is 12.1 Å². The van der Waals surface area contributed by atoms with Crippen LogP contribution in [0.25, 0.3) is 27.7 Å². The summed E-state index contributed by atoms with van der Waals surface area (Å²) < 4.78 is 16.7. The van der Waals surface area contributed by atoms with E-state index in [1.54, 1.807) is 44.7 Å². The lowest BCUT2D eigenvalue weighted by molar-refractivity contribution is -0.111. The maximum absolute atomic E-state index is 12.7. The van der Waals surface area contributed by atoms with E-state index < -0.39 is 5.91 Å². The predicted molar refractivity (Wildman–Crippen MR) is 132 cm³/mol. The third-order valence-electron chi connectivity index (χ3n) is 5.46. The fourth-order valence-electron chi connectivity index (χ4n) is 3.75. The minimum atomic E-state index is -0.562. The highest BCUT2D eigenvalue weighted by Gasteiger charge is 2.15. The lowest BCUT2D eigenvalue weighted by Gasteiger charge is -2.11. The molecule has 0 radical (unpaired) electrons. The first-order valence-corrected chi connectivity index (χ1v) is 10.5. The number of anilines is 1. The summed E-state index contributed by atoms with van der Waals surface area (Å²) in [6.45, 7) is 1.83. The van der Waals surface area contributed by atoms with Crippen LogP contribution in [0.1, 0.15) is 22.8 Å². The number of furan rings is 1. The third-order valence-corrected chi connectivity index (χ3v) is 5.46. The first kappa shape index (κ1) is 22.7.